The fourth-order valence-corrected chi connectivity index (χ4v) is 2.88. The monoisotopic (exact) mass is 316 g/mol. The summed E-state index contributed by atoms with van der Waals surface area (Å²) in [5.74, 6) is -1.78. The van der Waals surface area contributed by atoms with Crippen LogP contribution in [0.15, 0.2) is 46.2 Å². The Balaban J connectivity index is 2.40. The van der Waals surface area contributed by atoms with Gasteiger partial charge in [0.25, 0.3) is 0 Å². The summed E-state index contributed by atoms with van der Waals surface area (Å²) in [6.07, 6.45) is 0. The van der Waals surface area contributed by atoms with Gasteiger partial charge in [0.15, 0.2) is 0 Å². The Labute approximate surface area is 123 Å². The van der Waals surface area contributed by atoms with Crippen molar-refractivity contribution >= 4 is 40.9 Å². The summed E-state index contributed by atoms with van der Waals surface area (Å²) in [7, 11) is 0. The molecule has 0 heterocycles. The summed E-state index contributed by atoms with van der Waals surface area (Å²) in [6, 6.07) is 8.50. The SMILES string of the molecule is O=C(O)c1cc(F)ccc1Sc1ccc(Cl)cc1Cl. The van der Waals surface area contributed by atoms with Crippen LogP contribution in [0, 0.1) is 5.82 Å². The van der Waals surface area contributed by atoms with Crippen LogP contribution in [0.5, 0.6) is 0 Å². The van der Waals surface area contributed by atoms with Crippen molar-refractivity contribution in [2.24, 2.45) is 0 Å². The average Bonchev–Trinajstić information content (AvgIpc) is 2.34. The van der Waals surface area contributed by atoms with Gasteiger partial charge < -0.3 is 5.11 Å². The Kier molecular flexibility index (Phi) is 4.34. The first-order valence-corrected chi connectivity index (χ1v) is 6.70. The molecule has 1 N–H and O–H groups in total. The zero-order valence-electron chi connectivity index (χ0n) is 9.36. The number of carboxylic acid groups (broad SMARTS) is 1. The van der Waals surface area contributed by atoms with E-state index in [4.69, 9.17) is 28.3 Å². The molecule has 0 spiro atoms. The molecular weight excluding hydrogens is 310 g/mol. The predicted octanol–water partition coefficient (Wildman–Crippen LogP) is 4.98. The van der Waals surface area contributed by atoms with E-state index in [9.17, 15) is 9.18 Å². The van der Waals surface area contributed by atoms with Crippen LogP contribution in [-0.4, -0.2) is 11.1 Å². The van der Waals surface area contributed by atoms with Crippen molar-refractivity contribution < 1.29 is 14.3 Å². The summed E-state index contributed by atoms with van der Waals surface area (Å²) in [5.41, 5.74) is -0.101. The summed E-state index contributed by atoms with van der Waals surface area (Å²) in [5, 5.41) is 9.95. The molecule has 2 nitrogen and oxygen atoms in total. The molecule has 0 atom stereocenters. The lowest BCUT2D eigenvalue weighted by molar-refractivity contribution is 0.0692. The number of hydrogen-bond acceptors (Lipinski definition) is 2. The van der Waals surface area contributed by atoms with Crippen LogP contribution in [0.2, 0.25) is 10.0 Å². The van der Waals surface area contributed by atoms with E-state index in [-0.39, 0.29) is 5.56 Å². The number of carboxylic acids is 1. The second-order valence-electron chi connectivity index (χ2n) is 3.62. The topological polar surface area (TPSA) is 37.3 Å². The number of benzene rings is 2. The van der Waals surface area contributed by atoms with Gasteiger partial charge in [-0.05, 0) is 36.4 Å². The van der Waals surface area contributed by atoms with E-state index in [1.807, 2.05) is 0 Å². The number of hydrogen-bond donors (Lipinski definition) is 1. The highest BCUT2D eigenvalue weighted by atomic mass is 35.5. The molecule has 0 bridgehead atoms. The Bertz CT molecular complexity index is 647. The van der Waals surface area contributed by atoms with Gasteiger partial charge >= 0.3 is 5.97 Å². The van der Waals surface area contributed by atoms with Gasteiger partial charge in [0.1, 0.15) is 5.82 Å². The molecule has 2 rings (SSSR count). The Morgan fingerprint density at radius 1 is 1.11 bits per heavy atom. The van der Waals surface area contributed by atoms with Gasteiger partial charge in [0.05, 0.1) is 10.6 Å². The molecule has 0 aliphatic carbocycles. The van der Waals surface area contributed by atoms with E-state index in [1.54, 1.807) is 18.2 Å². The molecule has 6 heteroatoms. The Hall–Kier alpha value is -1.23. The van der Waals surface area contributed by atoms with Crippen molar-refractivity contribution in [2.75, 3.05) is 0 Å². The van der Waals surface area contributed by atoms with Crippen molar-refractivity contribution in [3.8, 4) is 0 Å². The average molecular weight is 317 g/mol. The lowest BCUT2D eigenvalue weighted by Gasteiger charge is -2.07. The van der Waals surface area contributed by atoms with Crippen LogP contribution in [0.3, 0.4) is 0 Å². The van der Waals surface area contributed by atoms with Crippen LogP contribution in [0.25, 0.3) is 0 Å². The molecule has 0 unspecified atom stereocenters. The quantitative estimate of drug-likeness (QED) is 0.867. The highest BCUT2D eigenvalue weighted by Crippen LogP contribution is 2.36. The molecule has 0 aliphatic rings. The third kappa shape index (κ3) is 3.41. The third-order valence-corrected chi connectivity index (χ3v) is 4.10. The molecule has 0 aliphatic heterocycles. The van der Waals surface area contributed by atoms with Gasteiger partial charge in [-0.25, -0.2) is 9.18 Å². The highest BCUT2D eigenvalue weighted by molar-refractivity contribution is 7.99. The van der Waals surface area contributed by atoms with Gasteiger partial charge in [-0.15, -0.1) is 0 Å². The minimum atomic E-state index is -1.19. The standard InChI is InChI=1S/C13H7Cl2FO2S/c14-7-1-3-12(10(15)5-7)19-11-4-2-8(16)6-9(11)13(17)18/h1-6H,(H,17,18). The zero-order chi connectivity index (χ0) is 14.0. The fraction of sp³-hybridized carbons (Fsp3) is 0. The molecule has 98 valence electrons. The minimum Gasteiger partial charge on any atom is -0.478 e. The Morgan fingerprint density at radius 2 is 1.79 bits per heavy atom. The molecule has 0 aromatic heterocycles. The van der Waals surface area contributed by atoms with Crippen molar-refractivity contribution in [2.45, 2.75) is 9.79 Å². The second-order valence-corrected chi connectivity index (χ2v) is 5.55. The number of aromatic carboxylic acids is 1. The first kappa shape index (κ1) is 14.2. The van der Waals surface area contributed by atoms with Crippen LogP contribution in [0.1, 0.15) is 10.4 Å². The molecule has 0 saturated heterocycles. The van der Waals surface area contributed by atoms with Gasteiger partial charge in [-0.2, -0.15) is 0 Å². The lowest BCUT2D eigenvalue weighted by atomic mass is 10.2. The first-order chi connectivity index (χ1) is 8.97. The largest absolute Gasteiger partial charge is 0.478 e. The van der Waals surface area contributed by atoms with Gasteiger partial charge in [-0.1, -0.05) is 35.0 Å². The molecule has 2 aromatic rings. The first-order valence-electron chi connectivity index (χ1n) is 5.13. The van der Waals surface area contributed by atoms with Crippen molar-refractivity contribution in [1.29, 1.82) is 0 Å². The van der Waals surface area contributed by atoms with Crippen molar-refractivity contribution in [3.63, 3.8) is 0 Å². The fourth-order valence-electron chi connectivity index (χ4n) is 1.43. The lowest BCUT2D eigenvalue weighted by Crippen LogP contribution is -1.99. The van der Waals surface area contributed by atoms with Crippen LogP contribution in [-0.2, 0) is 0 Å². The summed E-state index contributed by atoms with van der Waals surface area (Å²) in [6.45, 7) is 0. The van der Waals surface area contributed by atoms with Gasteiger partial charge in [-0.3, -0.25) is 0 Å². The highest BCUT2D eigenvalue weighted by Gasteiger charge is 2.13. The maximum absolute atomic E-state index is 13.1. The smallest absolute Gasteiger partial charge is 0.336 e. The van der Waals surface area contributed by atoms with E-state index < -0.39 is 11.8 Å². The van der Waals surface area contributed by atoms with E-state index in [1.165, 1.54) is 12.1 Å². The predicted molar refractivity (Wildman–Crippen MR) is 73.9 cm³/mol. The number of halogens is 3. The zero-order valence-corrected chi connectivity index (χ0v) is 11.7. The molecule has 2 aromatic carbocycles. The minimum absolute atomic E-state index is 0.101. The maximum atomic E-state index is 13.1. The van der Waals surface area contributed by atoms with Crippen LogP contribution in [0.4, 0.5) is 4.39 Å². The van der Waals surface area contributed by atoms with Crippen molar-refractivity contribution in [3.05, 3.63) is 57.8 Å². The molecule has 0 radical (unpaired) electrons. The summed E-state index contributed by atoms with van der Waals surface area (Å²) in [4.78, 5) is 12.1. The summed E-state index contributed by atoms with van der Waals surface area (Å²) >= 11 is 12.9. The van der Waals surface area contributed by atoms with Gasteiger partial charge in [0, 0.05) is 14.8 Å². The van der Waals surface area contributed by atoms with Crippen molar-refractivity contribution in [1.82, 2.24) is 0 Å². The molecule has 0 amide bonds. The summed E-state index contributed by atoms with van der Waals surface area (Å²) < 4.78 is 13.1. The van der Waals surface area contributed by atoms with Crippen LogP contribution >= 0.6 is 35.0 Å². The van der Waals surface area contributed by atoms with E-state index >= 15 is 0 Å². The molecule has 0 fully saturated rings. The maximum Gasteiger partial charge on any atom is 0.336 e. The van der Waals surface area contributed by atoms with Gasteiger partial charge in [0.2, 0.25) is 0 Å². The van der Waals surface area contributed by atoms with E-state index in [0.717, 1.165) is 17.8 Å². The molecule has 0 saturated carbocycles. The molecular formula is C13H7Cl2FO2S. The van der Waals surface area contributed by atoms with E-state index in [0.29, 0.717) is 19.8 Å². The third-order valence-electron chi connectivity index (χ3n) is 2.29. The number of carbonyl (C=O) groups is 1. The second kappa shape index (κ2) is 5.82. The Morgan fingerprint density at radius 3 is 2.42 bits per heavy atom. The molecule has 19 heavy (non-hydrogen) atoms. The number of rotatable bonds is 3. The van der Waals surface area contributed by atoms with E-state index in [2.05, 4.69) is 0 Å². The normalized spacial score (nSPS) is 10.5. The van der Waals surface area contributed by atoms with Crippen LogP contribution < -0.4 is 0 Å².